The number of rotatable bonds is 7. The lowest BCUT2D eigenvalue weighted by atomic mass is 10.0. The zero-order chi connectivity index (χ0) is 23.3. The van der Waals surface area contributed by atoms with Gasteiger partial charge in [-0.15, -0.1) is 0 Å². The fraction of sp³-hybridized carbons (Fsp3) is 0.407. The van der Waals surface area contributed by atoms with E-state index in [0.29, 0.717) is 13.0 Å². The van der Waals surface area contributed by atoms with E-state index in [-0.39, 0.29) is 11.9 Å². The molecule has 0 spiro atoms. The molecule has 2 fully saturated rings. The van der Waals surface area contributed by atoms with E-state index in [1.54, 1.807) is 0 Å². The van der Waals surface area contributed by atoms with Crippen LogP contribution in [0.4, 0.5) is 5.69 Å². The summed E-state index contributed by atoms with van der Waals surface area (Å²) in [4.78, 5) is 18.9. The van der Waals surface area contributed by atoms with Crippen LogP contribution in [0.5, 0.6) is 11.5 Å². The number of para-hydroxylation sites is 3. The maximum absolute atomic E-state index is 12.3. The lowest BCUT2D eigenvalue weighted by Gasteiger charge is -2.36. The van der Waals surface area contributed by atoms with Crippen molar-refractivity contribution in [2.75, 3.05) is 31.1 Å². The van der Waals surface area contributed by atoms with Crippen molar-refractivity contribution in [1.82, 2.24) is 15.0 Å². The van der Waals surface area contributed by atoms with E-state index < -0.39 is 0 Å². The summed E-state index contributed by atoms with van der Waals surface area (Å²) in [6.07, 6.45) is 2.68. The van der Waals surface area contributed by atoms with Gasteiger partial charge in [0, 0.05) is 44.7 Å². The summed E-state index contributed by atoms with van der Waals surface area (Å²) in [7, 11) is 0. The number of aromatic nitrogens is 1. The number of hydrogen-bond donors (Lipinski definition) is 0. The zero-order valence-electron chi connectivity index (χ0n) is 19.7. The molecule has 1 amide bonds. The fourth-order valence-corrected chi connectivity index (χ4v) is 4.80. The number of carbonyl (C=O) groups is 1. The van der Waals surface area contributed by atoms with E-state index in [2.05, 4.69) is 34.0 Å². The van der Waals surface area contributed by atoms with Crippen LogP contribution in [0.1, 0.15) is 37.6 Å². The van der Waals surface area contributed by atoms with E-state index in [1.807, 2.05) is 53.4 Å². The van der Waals surface area contributed by atoms with Crippen LogP contribution < -0.4 is 9.64 Å². The van der Waals surface area contributed by atoms with Crippen molar-refractivity contribution in [2.45, 2.75) is 45.3 Å². The Kier molecular flexibility index (Phi) is 6.81. The molecule has 0 N–H and O–H groups in total. The lowest BCUT2D eigenvalue weighted by Crippen LogP contribution is -2.46. The summed E-state index contributed by atoms with van der Waals surface area (Å²) >= 11 is 0. The molecule has 0 aliphatic carbocycles. The number of anilines is 1. The molecular weight excluding hydrogens is 428 g/mol. The predicted molar refractivity (Wildman–Crippen MR) is 131 cm³/mol. The highest BCUT2D eigenvalue weighted by molar-refractivity contribution is 5.77. The minimum atomic E-state index is 0.218. The molecule has 1 aromatic heterocycles. The van der Waals surface area contributed by atoms with Crippen molar-refractivity contribution in [3.05, 3.63) is 72.1 Å². The summed E-state index contributed by atoms with van der Waals surface area (Å²) in [5.41, 5.74) is 1.95. The molecule has 0 saturated carbocycles. The van der Waals surface area contributed by atoms with Crippen LogP contribution in [0.15, 0.2) is 65.2 Å². The average molecular weight is 461 g/mol. The molecule has 2 aliphatic heterocycles. The second-order valence-corrected chi connectivity index (χ2v) is 9.19. The van der Waals surface area contributed by atoms with Gasteiger partial charge in [0.1, 0.15) is 11.4 Å². The van der Waals surface area contributed by atoms with Gasteiger partial charge < -0.3 is 19.1 Å². The molecule has 3 aromatic rings. The predicted octanol–water partition coefficient (Wildman–Crippen LogP) is 4.69. The number of ether oxygens (including phenoxy) is 1. The number of piperidine rings is 1. The van der Waals surface area contributed by atoms with Gasteiger partial charge in [-0.25, -0.2) is 0 Å². The number of nitrogens with zero attached hydrogens (tertiary/aromatic N) is 4. The summed E-state index contributed by atoms with van der Waals surface area (Å²) < 4.78 is 11.8. The summed E-state index contributed by atoms with van der Waals surface area (Å²) in [6.45, 7) is 7.06. The molecule has 0 radical (unpaired) electrons. The highest BCUT2D eigenvalue weighted by atomic mass is 16.5. The first-order chi connectivity index (χ1) is 16.7. The smallest absolute Gasteiger partial charge is 0.223 e. The van der Waals surface area contributed by atoms with Gasteiger partial charge in [0.25, 0.3) is 0 Å². The van der Waals surface area contributed by atoms with Crippen LogP contribution in [0, 0.1) is 0 Å². The minimum Gasteiger partial charge on any atom is -0.455 e. The lowest BCUT2D eigenvalue weighted by molar-refractivity contribution is -0.136. The zero-order valence-corrected chi connectivity index (χ0v) is 19.7. The Hall–Kier alpha value is -3.32. The average Bonchev–Trinajstić information content (AvgIpc) is 3.30. The van der Waals surface area contributed by atoms with Crippen LogP contribution in [0.25, 0.3) is 0 Å². The van der Waals surface area contributed by atoms with E-state index in [1.165, 1.54) is 0 Å². The van der Waals surface area contributed by atoms with Gasteiger partial charge in [-0.2, -0.15) is 0 Å². The standard InChI is InChI=1S/C27H32N4O3/c1-21-8-7-13-27(32)31(21)19-22-18-24(34-28-22)20-29-14-16-30(17-15-29)25-11-5-6-12-26(25)33-23-9-3-2-4-10-23/h2-6,9-12,18,21H,7-8,13-17,19-20H2,1H3. The quantitative estimate of drug-likeness (QED) is 0.510. The van der Waals surface area contributed by atoms with E-state index in [4.69, 9.17) is 9.26 Å². The second-order valence-electron chi connectivity index (χ2n) is 9.19. The Morgan fingerprint density at radius 3 is 2.56 bits per heavy atom. The molecule has 7 heteroatoms. The van der Waals surface area contributed by atoms with Gasteiger partial charge in [0.2, 0.25) is 5.91 Å². The number of benzene rings is 2. The van der Waals surface area contributed by atoms with Crippen LogP contribution >= 0.6 is 0 Å². The van der Waals surface area contributed by atoms with Crippen LogP contribution in [-0.4, -0.2) is 53.1 Å². The fourth-order valence-electron chi connectivity index (χ4n) is 4.80. The van der Waals surface area contributed by atoms with Crippen molar-refractivity contribution in [2.24, 2.45) is 0 Å². The van der Waals surface area contributed by atoms with Crippen molar-refractivity contribution < 1.29 is 14.1 Å². The van der Waals surface area contributed by atoms with Crippen LogP contribution in [0.3, 0.4) is 0 Å². The van der Waals surface area contributed by atoms with Gasteiger partial charge in [-0.1, -0.05) is 35.5 Å². The molecule has 2 aliphatic rings. The first-order valence-corrected chi connectivity index (χ1v) is 12.2. The Morgan fingerprint density at radius 1 is 1.00 bits per heavy atom. The van der Waals surface area contributed by atoms with Crippen molar-refractivity contribution >= 4 is 11.6 Å². The number of likely N-dealkylation sites (tertiary alicyclic amines) is 1. The molecule has 7 nitrogen and oxygen atoms in total. The van der Waals surface area contributed by atoms with Crippen LogP contribution in [0.2, 0.25) is 0 Å². The minimum absolute atomic E-state index is 0.218. The molecule has 34 heavy (non-hydrogen) atoms. The Labute approximate surface area is 200 Å². The number of carbonyl (C=O) groups excluding carboxylic acids is 1. The van der Waals surface area contributed by atoms with Gasteiger partial charge >= 0.3 is 0 Å². The number of hydrogen-bond acceptors (Lipinski definition) is 6. The Bertz CT molecular complexity index is 1090. The van der Waals surface area contributed by atoms with Gasteiger partial charge in [-0.3, -0.25) is 9.69 Å². The van der Waals surface area contributed by atoms with Gasteiger partial charge in [0.15, 0.2) is 11.5 Å². The molecule has 2 saturated heterocycles. The highest BCUT2D eigenvalue weighted by Crippen LogP contribution is 2.32. The van der Waals surface area contributed by atoms with Crippen molar-refractivity contribution in [1.29, 1.82) is 0 Å². The molecular formula is C27H32N4O3. The van der Waals surface area contributed by atoms with Crippen molar-refractivity contribution in [3.63, 3.8) is 0 Å². The number of piperazine rings is 1. The maximum Gasteiger partial charge on any atom is 0.223 e. The monoisotopic (exact) mass is 460 g/mol. The van der Waals surface area contributed by atoms with Gasteiger partial charge in [0.05, 0.1) is 18.8 Å². The molecule has 5 rings (SSSR count). The molecule has 3 heterocycles. The normalized spacial score (nSPS) is 19.4. The molecule has 0 bridgehead atoms. The Morgan fingerprint density at radius 2 is 1.76 bits per heavy atom. The largest absolute Gasteiger partial charge is 0.455 e. The summed E-state index contributed by atoms with van der Waals surface area (Å²) in [6, 6.07) is 20.4. The first kappa shape index (κ1) is 22.5. The third kappa shape index (κ3) is 5.25. The second kappa shape index (κ2) is 10.3. The van der Waals surface area contributed by atoms with Gasteiger partial charge in [-0.05, 0) is 44.0 Å². The molecule has 1 unspecified atom stereocenters. The van der Waals surface area contributed by atoms with Crippen LogP contribution in [-0.2, 0) is 17.9 Å². The van der Waals surface area contributed by atoms with E-state index in [9.17, 15) is 4.79 Å². The maximum atomic E-state index is 12.3. The number of amides is 1. The first-order valence-electron chi connectivity index (χ1n) is 12.2. The summed E-state index contributed by atoms with van der Waals surface area (Å²) in [5.74, 6) is 2.79. The molecule has 178 valence electrons. The molecule has 2 aromatic carbocycles. The van der Waals surface area contributed by atoms with E-state index >= 15 is 0 Å². The Balaban J connectivity index is 1.16. The van der Waals surface area contributed by atoms with E-state index in [0.717, 1.165) is 74.2 Å². The third-order valence-electron chi connectivity index (χ3n) is 6.73. The van der Waals surface area contributed by atoms with Crippen molar-refractivity contribution in [3.8, 4) is 11.5 Å². The molecule has 1 atom stereocenters. The third-order valence-corrected chi connectivity index (χ3v) is 6.73. The highest BCUT2D eigenvalue weighted by Gasteiger charge is 2.26. The topological polar surface area (TPSA) is 62.1 Å². The SMILES string of the molecule is CC1CCCC(=O)N1Cc1cc(CN2CCN(c3ccccc3Oc3ccccc3)CC2)on1. The summed E-state index contributed by atoms with van der Waals surface area (Å²) in [5, 5.41) is 4.24.